The molecule has 0 bridgehead atoms. The number of aryl methyl sites for hydroxylation is 1. The van der Waals surface area contributed by atoms with Gasteiger partial charge in [0, 0.05) is 6.04 Å². The summed E-state index contributed by atoms with van der Waals surface area (Å²) < 4.78 is 8.24. The van der Waals surface area contributed by atoms with Crippen molar-refractivity contribution in [2.75, 3.05) is 0 Å². The van der Waals surface area contributed by atoms with Gasteiger partial charge in [-0.25, -0.2) is 0 Å². The molecule has 0 aliphatic rings. The Hall–Kier alpha value is 0.660. The van der Waals surface area contributed by atoms with Crippen molar-refractivity contribution in [1.82, 2.24) is 0 Å². The predicted molar refractivity (Wildman–Crippen MR) is 114 cm³/mol. The Morgan fingerprint density at radius 3 is 2.24 bits per heavy atom. The number of aromatic hydroxyl groups is 1. The van der Waals surface area contributed by atoms with Gasteiger partial charge in [0.05, 0.1) is 16.7 Å². The number of rotatable bonds is 5. The number of carboxylic acids is 1. The van der Waals surface area contributed by atoms with Crippen LogP contribution < -0.4 is 45.1 Å². The van der Waals surface area contributed by atoms with Crippen LogP contribution in [0.25, 0.3) is 0 Å². The van der Waals surface area contributed by atoms with Gasteiger partial charge in [-0.15, -0.1) is 0 Å². The Bertz CT molecular complexity index is 755. The molecule has 2 rings (SSSR count). The van der Waals surface area contributed by atoms with Crippen molar-refractivity contribution in [3.05, 3.63) is 46.1 Å². The third-order valence-corrected chi connectivity index (χ3v) is 5.70. The number of ether oxygens (including phenoxy) is 1. The SMILES string of the molecule is Cc1cc(C[C@H](N)C(=O)[O-])cc(I)c1Oc1cc(I)c(O)c(I)c1.[Na+]. The monoisotopic (exact) mass is 687 g/mol. The van der Waals surface area contributed by atoms with Gasteiger partial charge in [0.25, 0.3) is 0 Å². The molecule has 0 aliphatic carbocycles. The van der Waals surface area contributed by atoms with E-state index in [0.29, 0.717) is 18.6 Å². The van der Waals surface area contributed by atoms with Crippen molar-refractivity contribution < 1.29 is 49.3 Å². The summed E-state index contributed by atoms with van der Waals surface area (Å²) in [5, 5.41) is 20.6. The molecular weight excluding hydrogens is 674 g/mol. The summed E-state index contributed by atoms with van der Waals surface area (Å²) in [5.41, 5.74) is 7.23. The number of aliphatic carboxylic acids is 1. The molecule has 5 nitrogen and oxygen atoms in total. The third kappa shape index (κ3) is 6.35. The number of hydrogen-bond donors (Lipinski definition) is 2. The van der Waals surface area contributed by atoms with E-state index in [1.54, 1.807) is 12.1 Å². The Morgan fingerprint density at radius 1 is 1.20 bits per heavy atom. The number of phenolic OH excluding ortho intramolecular Hbond substituents is 1. The van der Waals surface area contributed by atoms with E-state index in [-0.39, 0.29) is 41.7 Å². The minimum Gasteiger partial charge on any atom is -0.548 e. The topological polar surface area (TPSA) is 95.6 Å². The largest absolute Gasteiger partial charge is 1.00 e. The molecule has 128 valence electrons. The number of phenols is 1. The van der Waals surface area contributed by atoms with E-state index in [1.165, 1.54) is 0 Å². The maximum atomic E-state index is 10.8. The molecule has 2 aromatic carbocycles. The van der Waals surface area contributed by atoms with Crippen LogP contribution in [-0.4, -0.2) is 17.1 Å². The fourth-order valence-corrected chi connectivity index (χ4v) is 4.75. The van der Waals surface area contributed by atoms with Crippen molar-refractivity contribution in [3.8, 4) is 17.2 Å². The number of carboxylic acid groups (broad SMARTS) is 1. The van der Waals surface area contributed by atoms with Crippen molar-refractivity contribution in [1.29, 1.82) is 0 Å². The van der Waals surface area contributed by atoms with Gasteiger partial charge in [-0.1, -0.05) is 6.07 Å². The molecule has 0 spiro atoms. The Labute approximate surface area is 208 Å². The van der Waals surface area contributed by atoms with E-state index in [2.05, 4.69) is 22.6 Å². The van der Waals surface area contributed by atoms with Crippen LogP contribution in [0.1, 0.15) is 11.1 Å². The zero-order chi connectivity index (χ0) is 18.0. The average molecular weight is 687 g/mol. The molecule has 0 fully saturated rings. The first-order valence-corrected chi connectivity index (χ1v) is 10.0. The first-order valence-electron chi connectivity index (χ1n) is 6.80. The summed E-state index contributed by atoms with van der Waals surface area (Å²) in [5.74, 6) is 0.290. The zero-order valence-electron chi connectivity index (χ0n) is 13.5. The van der Waals surface area contributed by atoms with Crippen LogP contribution in [0.4, 0.5) is 0 Å². The minimum atomic E-state index is -1.27. The second-order valence-corrected chi connectivity index (χ2v) is 8.68. The first kappa shape index (κ1) is 23.7. The first-order chi connectivity index (χ1) is 11.2. The molecule has 0 amide bonds. The molecule has 25 heavy (non-hydrogen) atoms. The van der Waals surface area contributed by atoms with Crippen LogP contribution in [0.5, 0.6) is 17.2 Å². The second kappa shape index (κ2) is 10.3. The van der Waals surface area contributed by atoms with Gasteiger partial charge in [-0.2, -0.15) is 0 Å². The van der Waals surface area contributed by atoms with Gasteiger partial charge in [0.2, 0.25) is 0 Å². The molecule has 9 heteroatoms. The van der Waals surface area contributed by atoms with E-state index in [9.17, 15) is 15.0 Å². The molecular formula is C16H13I3NNaO4. The zero-order valence-corrected chi connectivity index (χ0v) is 21.9. The maximum Gasteiger partial charge on any atom is 1.00 e. The minimum absolute atomic E-state index is 0. The Morgan fingerprint density at radius 2 is 1.76 bits per heavy atom. The standard InChI is InChI=1S/C16H14I3NO4.Na/c1-7-2-8(4-13(20)16(22)23)3-12(19)15(7)24-9-5-10(17)14(21)11(18)6-9;/h2-3,5-6,13,21H,4,20H2,1H3,(H,22,23);/q;+1/p-1/t13-;/m0./s1. The fourth-order valence-electron chi connectivity index (χ4n) is 2.11. The smallest absolute Gasteiger partial charge is 0.548 e. The van der Waals surface area contributed by atoms with Crippen molar-refractivity contribution >= 4 is 73.7 Å². The summed E-state index contributed by atoms with van der Waals surface area (Å²) in [7, 11) is 0. The van der Waals surface area contributed by atoms with Crippen molar-refractivity contribution in [3.63, 3.8) is 0 Å². The maximum absolute atomic E-state index is 10.8. The van der Waals surface area contributed by atoms with Crippen LogP contribution in [0.2, 0.25) is 0 Å². The van der Waals surface area contributed by atoms with Crippen LogP contribution in [0.15, 0.2) is 24.3 Å². The van der Waals surface area contributed by atoms with Crippen LogP contribution >= 0.6 is 67.8 Å². The van der Waals surface area contributed by atoms with Gasteiger partial charge in [0.1, 0.15) is 17.2 Å². The number of carbonyl (C=O) groups excluding carboxylic acids is 1. The Balaban J connectivity index is 0.00000312. The summed E-state index contributed by atoms with van der Waals surface area (Å²) in [6, 6.07) is 6.19. The van der Waals surface area contributed by atoms with Gasteiger partial charge in [-0.3, -0.25) is 0 Å². The molecule has 0 saturated heterocycles. The van der Waals surface area contributed by atoms with Gasteiger partial charge in [0.15, 0.2) is 0 Å². The van der Waals surface area contributed by atoms with E-state index >= 15 is 0 Å². The number of carbonyl (C=O) groups is 1. The van der Waals surface area contributed by atoms with E-state index < -0.39 is 12.0 Å². The molecule has 0 heterocycles. The van der Waals surface area contributed by atoms with Gasteiger partial charge < -0.3 is 25.5 Å². The third-order valence-electron chi connectivity index (χ3n) is 3.26. The number of halogens is 3. The van der Waals surface area contributed by atoms with Crippen molar-refractivity contribution in [2.45, 2.75) is 19.4 Å². The number of nitrogens with two attached hydrogens (primary N) is 1. The number of benzene rings is 2. The van der Waals surface area contributed by atoms with Crippen LogP contribution in [0.3, 0.4) is 0 Å². The van der Waals surface area contributed by atoms with E-state index in [4.69, 9.17) is 10.5 Å². The summed E-state index contributed by atoms with van der Waals surface area (Å²) in [4.78, 5) is 10.8. The molecule has 0 aromatic heterocycles. The summed E-state index contributed by atoms with van der Waals surface area (Å²) >= 11 is 6.24. The van der Waals surface area contributed by atoms with E-state index in [0.717, 1.165) is 14.7 Å². The predicted octanol–water partition coefficient (Wildman–Crippen LogP) is -0.0696. The molecule has 1 atom stereocenters. The van der Waals surface area contributed by atoms with E-state index in [1.807, 2.05) is 64.2 Å². The summed E-state index contributed by atoms with van der Waals surface area (Å²) in [6.07, 6.45) is 0.203. The van der Waals surface area contributed by atoms with Crippen molar-refractivity contribution in [2.24, 2.45) is 5.73 Å². The number of hydrogen-bond acceptors (Lipinski definition) is 5. The molecule has 3 N–H and O–H groups in total. The van der Waals surface area contributed by atoms with Gasteiger partial charge in [-0.05, 0) is 110 Å². The fraction of sp³-hybridized carbons (Fsp3) is 0.188. The van der Waals surface area contributed by atoms with Crippen LogP contribution in [-0.2, 0) is 11.2 Å². The van der Waals surface area contributed by atoms with Gasteiger partial charge >= 0.3 is 29.6 Å². The molecule has 0 aliphatic heterocycles. The molecule has 0 radical (unpaired) electrons. The quantitative estimate of drug-likeness (QED) is 0.340. The van der Waals surface area contributed by atoms with Crippen LogP contribution in [0, 0.1) is 17.6 Å². The molecule has 2 aromatic rings. The molecule has 0 unspecified atom stereocenters. The normalized spacial score (nSPS) is 11.6. The molecule has 0 saturated carbocycles. The Kier molecular flexibility index (Phi) is 9.74. The second-order valence-electron chi connectivity index (χ2n) is 5.19. The average Bonchev–Trinajstić information content (AvgIpc) is 2.48. The summed E-state index contributed by atoms with van der Waals surface area (Å²) in [6.45, 7) is 1.89.